The van der Waals surface area contributed by atoms with Gasteiger partial charge >= 0.3 is 5.69 Å². The van der Waals surface area contributed by atoms with Crippen molar-refractivity contribution in [2.24, 2.45) is 0 Å². The van der Waals surface area contributed by atoms with Crippen LogP contribution < -0.4 is 27.6 Å². The van der Waals surface area contributed by atoms with Crippen molar-refractivity contribution >= 4 is 23.2 Å². The van der Waals surface area contributed by atoms with Crippen molar-refractivity contribution in [3.63, 3.8) is 0 Å². The van der Waals surface area contributed by atoms with Gasteiger partial charge in [0.05, 0.1) is 13.1 Å². The van der Waals surface area contributed by atoms with Crippen LogP contribution in [0.1, 0.15) is 60.4 Å². The number of amides is 1. The minimum atomic E-state index is -0.707. The van der Waals surface area contributed by atoms with Gasteiger partial charge in [0, 0.05) is 23.3 Å². The minimum Gasteiger partial charge on any atom is -0.384 e. The molecule has 9 heteroatoms. The van der Waals surface area contributed by atoms with Gasteiger partial charge in [-0.15, -0.1) is 0 Å². The fraction of sp³-hybridized carbons (Fsp3) is 0.333. The van der Waals surface area contributed by atoms with E-state index in [9.17, 15) is 19.2 Å². The normalized spacial score (nSPS) is 11.2. The predicted octanol–water partition coefficient (Wildman–Crippen LogP) is 2.87. The van der Waals surface area contributed by atoms with E-state index in [1.807, 2.05) is 51.1 Å². The van der Waals surface area contributed by atoms with Crippen LogP contribution in [0, 0.1) is 0 Å². The number of hydrogen-bond donors (Lipinski definition) is 3. The molecule has 190 valence electrons. The van der Waals surface area contributed by atoms with E-state index in [-0.39, 0.29) is 42.5 Å². The van der Waals surface area contributed by atoms with E-state index in [1.165, 1.54) is 4.57 Å². The lowest BCUT2D eigenvalue weighted by molar-refractivity contribution is 0.0910. The molecule has 0 aliphatic rings. The smallest absolute Gasteiger partial charge is 0.332 e. The third-order valence-electron chi connectivity index (χ3n) is 6.18. The van der Waals surface area contributed by atoms with Gasteiger partial charge in [-0.3, -0.25) is 23.5 Å². The number of Topliss-reactive ketones (excluding diaryl/α,β-unsaturated/α-hetero) is 1. The standard InChI is InChI=1S/C27H33N5O4/c1-5-27(3,4)30-24(34)19-12-14-20(15-13-19)29-16-21(33)22-23(28)32(17-18-10-8-7-9-11-18)26(36)31(6-2)25(22)35/h7-15,29H,5-6,16-17,28H2,1-4H3,(H,30,34). The molecule has 36 heavy (non-hydrogen) atoms. The number of carbonyl (C=O) groups excluding carboxylic acids is 2. The molecule has 0 fully saturated rings. The number of anilines is 2. The van der Waals surface area contributed by atoms with Crippen molar-refractivity contribution in [3.05, 3.63) is 92.1 Å². The average molecular weight is 492 g/mol. The predicted molar refractivity (Wildman–Crippen MR) is 142 cm³/mol. The molecular formula is C27H33N5O4. The summed E-state index contributed by atoms with van der Waals surface area (Å²) in [6, 6.07) is 15.9. The molecule has 3 aromatic rings. The average Bonchev–Trinajstić information content (AvgIpc) is 2.86. The number of nitrogens with one attached hydrogen (secondary N) is 2. The van der Waals surface area contributed by atoms with Crippen molar-refractivity contribution < 1.29 is 9.59 Å². The largest absolute Gasteiger partial charge is 0.384 e. The summed E-state index contributed by atoms with van der Waals surface area (Å²) >= 11 is 0. The Hall–Kier alpha value is -4.14. The first-order valence-corrected chi connectivity index (χ1v) is 11.9. The van der Waals surface area contributed by atoms with Gasteiger partial charge in [-0.2, -0.15) is 0 Å². The number of rotatable bonds is 10. The van der Waals surface area contributed by atoms with Crippen LogP contribution in [0.5, 0.6) is 0 Å². The number of nitrogens with two attached hydrogens (primary N) is 1. The minimum absolute atomic E-state index is 0.110. The molecule has 0 radical (unpaired) electrons. The zero-order valence-corrected chi connectivity index (χ0v) is 21.1. The molecule has 0 bridgehead atoms. The Labute approximate surface area is 210 Å². The molecule has 1 heterocycles. The summed E-state index contributed by atoms with van der Waals surface area (Å²) in [6.45, 7) is 7.61. The van der Waals surface area contributed by atoms with Crippen LogP contribution in [0.25, 0.3) is 0 Å². The van der Waals surface area contributed by atoms with E-state index in [1.54, 1.807) is 31.2 Å². The first kappa shape index (κ1) is 26.5. The highest BCUT2D eigenvalue weighted by Gasteiger charge is 2.22. The Bertz CT molecular complexity index is 1360. The Morgan fingerprint density at radius 1 is 0.944 bits per heavy atom. The summed E-state index contributed by atoms with van der Waals surface area (Å²) in [5.74, 6) is -0.873. The Kier molecular flexibility index (Phi) is 8.14. The molecule has 3 rings (SSSR count). The lowest BCUT2D eigenvalue weighted by atomic mass is 10.0. The number of carbonyl (C=O) groups is 2. The highest BCUT2D eigenvalue weighted by atomic mass is 16.2. The highest BCUT2D eigenvalue weighted by molar-refractivity contribution is 6.02. The van der Waals surface area contributed by atoms with E-state index in [0.29, 0.717) is 11.3 Å². The van der Waals surface area contributed by atoms with Crippen molar-refractivity contribution in [1.29, 1.82) is 0 Å². The summed E-state index contributed by atoms with van der Waals surface area (Å²) in [5, 5.41) is 5.94. The first-order chi connectivity index (χ1) is 17.1. The van der Waals surface area contributed by atoms with Crippen molar-refractivity contribution in [2.75, 3.05) is 17.6 Å². The second-order valence-corrected chi connectivity index (χ2v) is 9.21. The van der Waals surface area contributed by atoms with E-state index in [0.717, 1.165) is 16.6 Å². The molecular weight excluding hydrogens is 458 g/mol. The molecule has 0 saturated heterocycles. The lowest BCUT2D eigenvalue weighted by Gasteiger charge is -2.24. The van der Waals surface area contributed by atoms with Crippen LogP contribution in [-0.2, 0) is 13.1 Å². The summed E-state index contributed by atoms with van der Waals surface area (Å²) in [7, 11) is 0. The van der Waals surface area contributed by atoms with E-state index >= 15 is 0 Å². The van der Waals surface area contributed by atoms with Crippen molar-refractivity contribution in [3.8, 4) is 0 Å². The van der Waals surface area contributed by atoms with Gasteiger partial charge in [-0.05, 0) is 57.0 Å². The molecule has 0 aliphatic carbocycles. The van der Waals surface area contributed by atoms with Crippen LogP contribution in [0.15, 0.2) is 64.2 Å². The van der Waals surface area contributed by atoms with Crippen molar-refractivity contribution in [1.82, 2.24) is 14.5 Å². The van der Waals surface area contributed by atoms with Crippen molar-refractivity contribution in [2.45, 2.75) is 52.7 Å². The number of nitrogen functional groups attached to an aromatic ring is 1. The molecule has 0 spiro atoms. The maximum atomic E-state index is 13.1. The highest BCUT2D eigenvalue weighted by Crippen LogP contribution is 2.14. The lowest BCUT2D eigenvalue weighted by Crippen LogP contribution is -2.44. The first-order valence-electron chi connectivity index (χ1n) is 11.9. The van der Waals surface area contributed by atoms with Gasteiger partial charge < -0.3 is 16.4 Å². The summed E-state index contributed by atoms with van der Waals surface area (Å²) in [5.41, 5.74) is 6.30. The number of hydrogen-bond acceptors (Lipinski definition) is 6. The van der Waals surface area contributed by atoms with Gasteiger partial charge in [0.25, 0.3) is 11.5 Å². The molecule has 2 aromatic carbocycles. The maximum absolute atomic E-state index is 13.1. The van der Waals surface area contributed by atoms with Crippen LogP contribution in [0.4, 0.5) is 11.5 Å². The molecule has 0 atom stereocenters. The fourth-order valence-electron chi connectivity index (χ4n) is 3.65. The fourth-order valence-corrected chi connectivity index (χ4v) is 3.65. The van der Waals surface area contributed by atoms with E-state index in [2.05, 4.69) is 10.6 Å². The second kappa shape index (κ2) is 11.1. The quantitative estimate of drug-likeness (QED) is 0.374. The monoisotopic (exact) mass is 491 g/mol. The van der Waals surface area contributed by atoms with E-state index < -0.39 is 17.0 Å². The van der Waals surface area contributed by atoms with E-state index in [4.69, 9.17) is 5.73 Å². The van der Waals surface area contributed by atoms with Crippen LogP contribution >= 0.6 is 0 Å². The molecule has 0 saturated carbocycles. The number of aromatic nitrogens is 2. The van der Waals surface area contributed by atoms with Gasteiger partial charge in [0.1, 0.15) is 11.4 Å². The zero-order valence-electron chi connectivity index (χ0n) is 21.1. The Balaban J connectivity index is 1.81. The van der Waals surface area contributed by atoms with Crippen LogP contribution in [0.3, 0.4) is 0 Å². The Morgan fingerprint density at radius 2 is 1.58 bits per heavy atom. The molecule has 1 amide bonds. The van der Waals surface area contributed by atoms with Gasteiger partial charge in [0.2, 0.25) is 0 Å². The third-order valence-corrected chi connectivity index (χ3v) is 6.18. The SMILES string of the molecule is CCn1c(=O)c(C(=O)CNc2ccc(C(=O)NC(C)(C)CC)cc2)c(N)n(Cc2ccccc2)c1=O. The molecule has 0 aliphatic heterocycles. The topological polar surface area (TPSA) is 128 Å². The summed E-state index contributed by atoms with van der Waals surface area (Å²) < 4.78 is 2.26. The van der Waals surface area contributed by atoms with Crippen LogP contribution in [0.2, 0.25) is 0 Å². The molecule has 9 nitrogen and oxygen atoms in total. The molecule has 4 N–H and O–H groups in total. The zero-order chi connectivity index (χ0) is 26.5. The van der Waals surface area contributed by atoms with Crippen LogP contribution in [-0.4, -0.2) is 32.9 Å². The van der Waals surface area contributed by atoms with Gasteiger partial charge in [0.15, 0.2) is 5.78 Å². The third kappa shape index (κ3) is 5.91. The number of benzene rings is 2. The summed E-state index contributed by atoms with van der Waals surface area (Å²) in [6.07, 6.45) is 0.794. The molecule has 0 unspecified atom stereocenters. The molecule has 1 aromatic heterocycles. The number of ketones is 1. The van der Waals surface area contributed by atoms with Gasteiger partial charge in [-0.1, -0.05) is 37.3 Å². The summed E-state index contributed by atoms with van der Waals surface area (Å²) in [4.78, 5) is 51.3. The van der Waals surface area contributed by atoms with Gasteiger partial charge in [-0.25, -0.2) is 4.79 Å². The Morgan fingerprint density at radius 3 is 2.17 bits per heavy atom. The number of nitrogens with zero attached hydrogens (tertiary/aromatic N) is 2. The maximum Gasteiger partial charge on any atom is 0.332 e. The second-order valence-electron chi connectivity index (χ2n) is 9.21.